The van der Waals surface area contributed by atoms with Gasteiger partial charge in [0.05, 0.1) is 16.8 Å². The molecule has 2 fully saturated rings. The topological polar surface area (TPSA) is 82.3 Å². The number of aliphatic hydroxyl groups excluding tert-OH is 1. The van der Waals surface area contributed by atoms with Gasteiger partial charge in [-0.05, 0) is 84.3 Å². The second-order valence-electron chi connectivity index (χ2n) is 11.5. The third kappa shape index (κ3) is 6.63. The molecule has 4 rings (SSSR count). The Hall–Kier alpha value is -2.09. The van der Waals surface area contributed by atoms with Crippen LogP contribution in [0.15, 0.2) is 23.8 Å². The minimum Gasteiger partial charge on any atom is -0.491 e. The van der Waals surface area contributed by atoms with Crippen LogP contribution < -0.4 is 9.64 Å². The van der Waals surface area contributed by atoms with Crippen molar-refractivity contribution in [1.29, 1.82) is 5.41 Å². The van der Waals surface area contributed by atoms with Gasteiger partial charge in [-0.25, -0.2) is 9.97 Å². The monoisotopic (exact) mass is 570 g/mol. The summed E-state index contributed by atoms with van der Waals surface area (Å²) in [6.07, 6.45) is 8.43. The number of ether oxygens (including phenoxy) is 1. The molecule has 0 radical (unpaired) electrons. The summed E-state index contributed by atoms with van der Waals surface area (Å²) in [6.45, 7) is 12.2. The summed E-state index contributed by atoms with van der Waals surface area (Å²) in [5.41, 5.74) is 5.23. The van der Waals surface area contributed by atoms with Gasteiger partial charge in [0.25, 0.3) is 0 Å². The predicted molar refractivity (Wildman–Crippen MR) is 166 cm³/mol. The molecule has 0 unspecified atom stereocenters. The van der Waals surface area contributed by atoms with E-state index >= 15 is 0 Å². The molecule has 1 aromatic heterocycles. The van der Waals surface area contributed by atoms with Crippen LogP contribution in [-0.4, -0.2) is 58.1 Å². The Kier molecular flexibility index (Phi) is 9.66. The number of benzene rings is 1. The summed E-state index contributed by atoms with van der Waals surface area (Å²) in [5, 5.41) is 20.0. The van der Waals surface area contributed by atoms with Gasteiger partial charge in [-0.1, -0.05) is 30.5 Å². The first-order valence-electron chi connectivity index (χ1n) is 14.1. The Morgan fingerprint density at radius 3 is 2.51 bits per heavy atom. The van der Waals surface area contributed by atoms with Crippen molar-refractivity contribution in [2.45, 2.75) is 84.5 Å². The molecule has 6 nitrogen and oxygen atoms in total. The summed E-state index contributed by atoms with van der Waals surface area (Å²) < 4.78 is 5.90. The van der Waals surface area contributed by atoms with Crippen molar-refractivity contribution >= 4 is 40.5 Å². The Bertz CT molecular complexity index is 1230. The molecule has 2 N–H and O–H groups in total. The van der Waals surface area contributed by atoms with E-state index in [0.717, 1.165) is 53.0 Å². The smallest absolute Gasteiger partial charge is 0.163 e. The Balaban J connectivity index is 1.72. The first-order chi connectivity index (χ1) is 18.6. The lowest BCUT2D eigenvalue weighted by molar-refractivity contribution is 0.0994. The molecule has 0 amide bonds. The summed E-state index contributed by atoms with van der Waals surface area (Å²) in [7, 11) is 0. The molecule has 8 heteroatoms. The van der Waals surface area contributed by atoms with Gasteiger partial charge in [0.1, 0.15) is 18.2 Å². The van der Waals surface area contributed by atoms with Crippen LogP contribution in [0.2, 0.25) is 5.02 Å². The van der Waals surface area contributed by atoms with E-state index in [-0.39, 0.29) is 6.61 Å². The van der Waals surface area contributed by atoms with E-state index in [4.69, 9.17) is 31.7 Å². The van der Waals surface area contributed by atoms with Crippen LogP contribution >= 0.6 is 23.4 Å². The largest absolute Gasteiger partial charge is 0.491 e. The second-order valence-corrected chi connectivity index (χ2v) is 13.1. The van der Waals surface area contributed by atoms with Crippen LogP contribution in [-0.2, 0) is 0 Å². The van der Waals surface area contributed by atoms with Gasteiger partial charge in [0.2, 0.25) is 0 Å². The Morgan fingerprint density at radius 2 is 1.92 bits per heavy atom. The zero-order valence-corrected chi connectivity index (χ0v) is 25.8. The molecular weight excluding hydrogens is 528 g/mol. The highest BCUT2D eigenvalue weighted by Gasteiger charge is 2.46. The van der Waals surface area contributed by atoms with Crippen molar-refractivity contribution in [3.8, 4) is 17.1 Å². The summed E-state index contributed by atoms with van der Waals surface area (Å²) in [4.78, 5) is 12.5. The maximum absolute atomic E-state index is 10.1. The minimum absolute atomic E-state index is 0.225. The molecule has 1 atom stereocenters. The number of rotatable bonds is 10. The molecule has 2 aliphatic rings. The number of hydrogen-bond donors (Lipinski definition) is 2. The van der Waals surface area contributed by atoms with Gasteiger partial charge in [-0.3, -0.25) is 0 Å². The summed E-state index contributed by atoms with van der Waals surface area (Å²) >= 11 is 8.71. The average molecular weight is 571 g/mol. The van der Waals surface area contributed by atoms with E-state index in [0.29, 0.717) is 39.7 Å². The quantitative estimate of drug-likeness (QED) is 0.286. The van der Waals surface area contributed by atoms with Crippen LogP contribution in [0.4, 0.5) is 5.82 Å². The molecule has 1 saturated carbocycles. The summed E-state index contributed by atoms with van der Waals surface area (Å²) in [6, 6.07) is 5.47. The molecule has 0 bridgehead atoms. The first kappa shape index (κ1) is 29.9. The number of anilines is 1. The van der Waals surface area contributed by atoms with E-state index in [1.165, 1.54) is 25.7 Å². The van der Waals surface area contributed by atoms with Gasteiger partial charge in [-0.15, -0.1) is 0 Å². The van der Waals surface area contributed by atoms with E-state index in [1.54, 1.807) is 6.07 Å². The standard InChI is InChI=1S/C31H43ClN4O2S/c1-7-8-22(37)16-38-23-9-10-26(32)25(15-23)29-34-28(27(19(2)3)21(5)33)20(4)30(35-29)36-17-31(18-36)13-11-24(39-6)12-14-31/h9-10,15,22,24,33,37H,7-8,11-14,16-18H2,1-6H3/t22-/m1/s1. The van der Waals surface area contributed by atoms with Crippen molar-refractivity contribution in [3.63, 3.8) is 0 Å². The predicted octanol–water partition coefficient (Wildman–Crippen LogP) is 7.59. The van der Waals surface area contributed by atoms with E-state index in [1.807, 2.05) is 51.6 Å². The first-order valence-corrected chi connectivity index (χ1v) is 15.7. The van der Waals surface area contributed by atoms with Gasteiger partial charge >= 0.3 is 0 Å². The highest BCUT2D eigenvalue weighted by Crippen LogP contribution is 2.48. The molecule has 1 aliphatic heterocycles. The fraction of sp³-hybridized carbons (Fsp3) is 0.581. The van der Waals surface area contributed by atoms with Gasteiger partial charge < -0.3 is 20.2 Å². The van der Waals surface area contributed by atoms with Crippen LogP contribution in [0.3, 0.4) is 0 Å². The highest BCUT2D eigenvalue weighted by atomic mass is 35.5. The molecule has 1 spiro atoms. The van der Waals surface area contributed by atoms with E-state index in [2.05, 4.69) is 18.1 Å². The SMILES string of the molecule is CCC[C@@H](O)COc1ccc(Cl)c(-c2nc(C(C(C)=N)=C(C)C)c(C)c(N3CC4(CCC(SC)CC4)C3)n2)c1. The highest BCUT2D eigenvalue weighted by molar-refractivity contribution is 7.99. The van der Waals surface area contributed by atoms with Crippen molar-refractivity contribution < 1.29 is 9.84 Å². The fourth-order valence-electron chi connectivity index (χ4n) is 6.01. The normalized spacial score (nSPS) is 17.6. The van der Waals surface area contributed by atoms with Crippen LogP contribution in [0.1, 0.15) is 77.5 Å². The molecule has 1 saturated heterocycles. The molecule has 2 aromatic rings. The second kappa shape index (κ2) is 12.6. The third-order valence-electron chi connectivity index (χ3n) is 8.15. The number of aliphatic hydroxyl groups is 1. The maximum atomic E-state index is 10.1. The van der Waals surface area contributed by atoms with Crippen molar-refractivity contribution in [2.24, 2.45) is 5.41 Å². The molecular formula is C31H43ClN4O2S. The molecule has 212 valence electrons. The zero-order chi connectivity index (χ0) is 28.3. The number of nitrogens with zero attached hydrogens (tertiary/aromatic N) is 3. The maximum Gasteiger partial charge on any atom is 0.163 e. The number of aromatic nitrogens is 2. The van der Waals surface area contributed by atoms with Gasteiger partial charge in [0, 0.05) is 46.2 Å². The van der Waals surface area contributed by atoms with Crippen molar-refractivity contribution in [3.05, 3.63) is 40.1 Å². The molecule has 39 heavy (non-hydrogen) atoms. The van der Waals surface area contributed by atoms with Crippen LogP contribution in [0.25, 0.3) is 17.0 Å². The number of halogens is 1. The lowest BCUT2D eigenvalue weighted by atomic mass is 9.68. The third-order valence-corrected chi connectivity index (χ3v) is 9.62. The van der Waals surface area contributed by atoms with Gasteiger partial charge in [-0.2, -0.15) is 11.8 Å². The average Bonchev–Trinajstić information content (AvgIpc) is 2.88. The van der Waals surface area contributed by atoms with Gasteiger partial charge in [0.15, 0.2) is 5.82 Å². The zero-order valence-electron chi connectivity index (χ0n) is 24.2. The summed E-state index contributed by atoms with van der Waals surface area (Å²) in [5.74, 6) is 2.08. The number of nitrogens with one attached hydrogen (secondary N) is 1. The molecule has 1 aliphatic carbocycles. The van der Waals surface area contributed by atoms with E-state index < -0.39 is 6.10 Å². The number of hydrogen-bond acceptors (Lipinski definition) is 7. The molecule has 2 heterocycles. The van der Waals surface area contributed by atoms with Crippen LogP contribution in [0.5, 0.6) is 5.75 Å². The minimum atomic E-state index is -0.511. The molecule has 1 aromatic carbocycles. The Morgan fingerprint density at radius 1 is 1.23 bits per heavy atom. The van der Waals surface area contributed by atoms with Crippen molar-refractivity contribution in [2.75, 3.05) is 30.9 Å². The van der Waals surface area contributed by atoms with Crippen LogP contribution in [0, 0.1) is 17.7 Å². The number of allylic oxidation sites excluding steroid dienone is 2. The Labute approximate surface area is 243 Å². The lowest BCUT2D eigenvalue weighted by Crippen LogP contribution is -2.58. The number of thioether (sulfide) groups is 1. The van der Waals surface area contributed by atoms with E-state index in [9.17, 15) is 5.11 Å². The fourth-order valence-corrected chi connectivity index (χ4v) is 6.92. The lowest BCUT2D eigenvalue weighted by Gasteiger charge is -2.54. The van der Waals surface area contributed by atoms with Crippen molar-refractivity contribution in [1.82, 2.24) is 9.97 Å².